The number of nitrogens with two attached hydrogens (primary N) is 2. The molecule has 1 aromatic carbocycles. The lowest BCUT2D eigenvalue weighted by Gasteiger charge is -2.20. The van der Waals surface area contributed by atoms with Gasteiger partial charge >= 0.3 is 0 Å². The van der Waals surface area contributed by atoms with Crippen molar-refractivity contribution >= 4 is 17.7 Å². The minimum atomic E-state index is -1.09. The summed E-state index contributed by atoms with van der Waals surface area (Å²) in [6.07, 6.45) is 1.99. The first kappa shape index (κ1) is 11.1. The molecule has 4 heteroatoms. The van der Waals surface area contributed by atoms with Crippen LogP contribution in [0.25, 0.3) is 0 Å². The number of benzene rings is 1. The summed E-state index contributed by atoms with van der Waals surface area (Å²) in [6.45, 7) is 1.61. The van der Waals surface area contributed by atoms with Gasteiger partial charge in [0, 0.05) is 4.90 Å². The minimum Gasteiger partial charge on any atom is -0.368 e. The van der Waals surface area contributed by atoms with Crippen LogP contribution in [0.2, 0.25) is 0 Å². The second kappa shape index (κ2) is 4.02. The highest BCUT2D eigenvalue weighted by atomic mass is 32.2. The summed E-state index contributed by atoms with van der Waals surface area (Å²) in [5, 5.41) is 0. The summed E-state index contributed by atoms with van der Waals surface area (Å²) < 4.78 is 0. The van der Waals surface area contributed by atoms with Gasteiger partial charge in [-0.25, -0.2) is 0 Å². The second-order valence-corrected chi connectivity index (χ2v) is 4.17. The Morgan fingerprint density at radius 1 is 1.36 bits per heavy atom. The Balaban J connectivity index is 3.02. The topological polar surface area (TPSA) is 69.1 Å². The number of rotatable bonds is 3. The number of hydrogen-bond acceptors (Lipinski definition) is 3. The van der Waals surface area contributed by atoms with Crippen LogP contribution >= 0.6 is 11.8 Å². The summed E-state index contributed by atoms with van der Waals surface area (Å²) in [7, 11) is 0. The molecular formula is C10H14N2OS. The zero-order chi connectivity index (χ0) is 10.8. The van der Waals surface area contributed by atoms with E-state index in [-0.39, 0.29) is 0 Å². The highest BCUT2D eigenvalue weighted by molar-refractivity contribution is 7.98. The van der Waals surface area contributed by atoms with Gasteiger partial charge in [0.05, 0.1) is 0 Å². The first-order valence-corrected chi connectivity index (χ1v) is 5.44. The summed E-state index contributed by atoms with van der Waals surface area (Å²) in [6, 6.07) is 7.51. The molecule has 1 aromatic rings. The van der Waals surface area contributed by atoms with E-state index in [9.17, 15) is 4.79 Å². The van der Waals surface area contributed by atoms with Gasteiger partial charge in [0.25, 0.3) is 0 Å². The fourth-order valence-electron chi connectivity index (χ4n) is 1.08. The van der Waals surface area contributed by atoms with Gasteiger partial charge in [-0.05, 0) is 30.9 Å². The van der Waals surface area contributed by atoms with Gasteiger partial charge in [-0.15, -0.1) is 11.8 Å². The van der Waals surface area contributed by atoms with Crippen molar-refractivity contribution < 1.29 is 4.79 Å². The standard InChI is InChI=1S/C10H14N2OS/c1-10(12,9(11)13)7-3-5-8(14-2)6-4-7/h3-6H,12H2,1-2H3,(H2,11,13). The van der Waals surface area contributed by atoms with E-state index in [0.29, 0.717) is 0 Å². The van der Waals surface area contributed by atoms with Crippen LogP contribution in [0.3, 0.4) is 0 Å². The molecule has 3 nitrogen and oxygen atoms in total. The summed E-state index contributed by atoms with van der Waals surface area (Å²) >= 11 is 1.64. The third-order valence-electron chi connectivity index (χ3n) is 2.20. The van der Waals surface area contributed by atoms with E-state index in [1.165, 1.54) is 0 Å². The van der Waals surface area contributed by atoms with Gasteiger partial charge in [-0.3, -0.25) is 4.79 Å². The maximum atomic E-state index is 11.1. The van der Waals surface area contributed by atoms with Gasteiger partial charge in [0.1, 0.15) is 5.54 Å². The maximum absolute atomic E-state index is 11.1. The van der Waals surface area contributed by atoms with Crippen molar-refractivity contribution in [2.24, 2.45) is 11.5 Å². The van der Waals surface area contributed by atoms with Crippen LogP contribution in [0.15, 0.2) is 29.2 Å². The van der Waals surface area contributed by atoms with Crippen LogP contribution in [0.4, 0.5) is 0 Å². The molecule has 0 aliphatic heterocycles. The Hall–Kier alpha value is -1.00. The third kappa shape index (κ3) is 2.08. The molecule has 76 valence electrons. The average Bonchev–Trinajstić information content (AvgIpc) is 2.17. The third-order valence-corrected chi connectivity index (χ3v) is 2.95. The van der Waals surface area contributed by atoms with Gasteiger partial charge in [-0.2, -0.15) is 0 Å². The molecule has 0 aliphatic rings. The lowest BCUT2D eigenvalue weighted by molar-refractivity contribution is -0.122. The molecule has 0 bridgehead atoms. The Morgan fingerprint density at radius 2 is 1.86 bits per heavy atom. The number of carbonyl (C=O) groups is 1. The van der Waals surface area contributed by atoms with Crippen LogP contribution in [0.1, 0.15) is 12.5 Å². The Labute approximate surface area is 87.9 Å². The van der Waals surface area contributed by atoms with Crippen molar-refractivity contribution in [3.8, 4) is 0 Å². The van der Waals surface area contributed by atoms with Crippen molar-refractivity contribution in [3.05, 3.63) is 29.8 Å². The van der Waals surface area contributed by atoms with Crippen molar-refractivity contribution in [1.82, 2.24) is 0 Å². The Morgan fingerprint density at radius 3 is 2.21 bits per heavy atom. The molecule has 1 atom stereocenters. The van der Waals surface area contributed by atoms with Crippen molar-refractivity contribution in [2.75, 3.05) is 6.26 Å². The molecule has 0 fully saturated rings. The van der Waals surface area contributed by atoms with Gasteiger partial charge in [-0.1, -0.05) is 12.1 Å². The predicted octanol–water partition coefficient (Wildman–Crippen LogP) is 1.07. The maximum Gasteiger partial charge on any atom is 0.241 e. The summed E-state index contributed by atoms with van der Waals surface area (Å²) in [4.78, 5) is 12.2. The fourth-order valence-corrected chi connectivity index (χ4v) is 1.49. The summed E-state index contributed by atoms with van der Waals surface area (Å²) in [5.41, 5.74) is 10.6. The Bertz CT molecular complexity index is 332. The molecular weight excluding hydrogens is 196 g/mol. The lowest BCUT2D eigenvalue weighted by atomic mass is 9.93. The molecule has 0 saturated heterocycles. The van der Waals surface area contributed by atoms with Crippen LogP contribution < -0.4 is 11.5 Å². The zero-order valence-electron chi connectivity index (χ0n) is 8.28. The number of thioether (sulfide) groups is 1. The first-order chi connectivity index (χ1) is 6.48. The first-order valence-electron chi connectivity index (χ1n) is 4.22. The number of carbonyl (C=O) groups excluding carboxylic acids is 1. The van der Waals surface area contributed by atoms with E-state index in [4.69, 9.17) is 11.5 Å². The average molecular weight is 210 g/mol. The quantitative estimate of drug-likeness (QED) is 0.733. The van der Waals surface area contributed by atoms with E-state index in [1.54, 1.807) is 18.7 Å². The highest BCUT2D eigenvalue weighted by Gasteiger charge is 2.27. The van der Waals surface area contributed by atoms with Crippen LogP contribution in [0, 0.1) is 0 Å². The van der Waals surface area contributed by atoms with E-state index in [0.717, 1.165) is 10.5 Å². The minimum absolute atomic E-state index is 0.519. The summed E-state index contributed by atoms with van der Waals surface area (Å²) in [5.74, 6) is -0.519. The molecule has 4 N–H and O–H groups in total. The molecule has 0 aliphatic carbocycles. The van der Waals surface area contributed by atoms with E-state index in [2.05, 4.69) is 0 Å². The number of hydrogen-bond donors (Lipinski definition) is 2. The molecule has 0 saturated carbocycles. The fraction of sp³-hybridized carbons (Fsp3) is 0.300. The molecule has 0 radical (unpaired) electrons. The number of primary amides is 1. The van der Waals surface area contributed by atoms with Gasteiger partial charge in [0.15, 0.2) is 0 Å². The van der Waals surface area contributed by atoms with Gasteiger partial charge in [0.2, 0.25) is 5.91 Å². The van der Waals surface area contributed by atoms with Crippen molar-refractivity contribution in [3.63, 3.8) is 0 Å². The smallest absolute Gasteiger partial charge is 0.241 e. The van der Waals surface area contributed by atoms with Gasteiger partial charge < -0.3 is 11.5 Å². The predicted molar refractivity (Wildman–Crippen MR) is 59.0 cm³/mol. The molecule has 0 heterocycles. The SMILES string of the molecule is CSc1ccc(C(C)(N)C(N)=O)cc1. The molecule has 0 spiro atoms. The van der Waals surface area contributed by atoms with Crippen LogP contribution in [0.5, 0.6) is 0 Å². The van der Waals surface area contributed by atoms with E-state index < -0.39 is 11.4 Å². The second-order valence-electron chi connectivity index (χ2n) is 3.30. The zero-order valence-corrected chi connectivity index (χ0v) is 9.10. The molecule has 1 unspecified atom stereocenters. The number of amides is 1. The molecule has 1 rings (SSSR count). The van der Waals surface area contributed by atoms with Crippen LogP contribution in [-0.4, -0.2) is 12.2 Å². The Kier molecular flexibility index (Phi) is 3.18. The van der Waals surface area contributed by atoms with Crippen molar-refractivity contribution in [2.45, 2.75) is 17.4 Å². The lowest BCUT2D eigenvalue weighted by Crippen LogP contribution is -2.46. The normalized spacial score (nSPS) is 14.8. The molecule has 14 heavy (non-hydrogen) atoms. The highest BCUT2D eigenvalue weighted by Crippen LogP contribution is 2.21. The monoisotopic (exact) mass is 210 g/mol. The van der Waals surface area contributed by atoms with Crippen molar-refractivity contribution in [1.29, 1.82) is 0 Å². The molecule has 0 aromatic heterocycles. The molecule has 1 amide bonds. The van der Waals surface area contributed by atoms with Crippen LogP contribution in [-0.2, 0) is 10.3 Å². The largest absolute Gasteiger partial charge is 0.368 e. The van der Waals surface area contributed by atoms with E-state index >= 15 is 0 Å². The van der Waals surface area contributed by atoms with E-state index in [1.807, 2.05) is 30.5 Å².